The highest BCUT2D eigenvalue weighted by Gasteiger charge is 2.61. The SMILES string of the molecule is CC(=O)O[C@H]1CC[C@@]2(C)C(=CC[C@H]3[C@@H]4CC(O)[C@H]([C@H](C)CCCC(C)C)[C@@]4(C)CC[C@@H]32)C1. The standard InChI is InChI=1S/C29H48O3/c1-18(2)8-7-9-19(3)27-26(31)17-25-23-11-10-21-16-22(32-20(4)30)12-14-28(21,5)24(23)13-15-29(25,27)6/h10,18-19,22-27,31H,7-9,11-17H2,1-6H3/t19-,22+,23-,24+,25+,26?,27+,28+,29+/m1/s1. The summed E-state index contributed by atoms with van der Waals surface area (Å²) in [5.41, 5.74) is 2.10. The highest BCUT2D eigenvalue weighted by atomic mass is 16.5. The number of fused-ring (bicyclic) bond motifs is 5. The normalized spacial score (nSPS) is 44.3. The third-order valence-electron chi connectivity index (χ3n) is 10.6. The number of allylic oxidation sites excluding steroid dienone is 1. The van der Waals surface area contributed by atoms with Gasteiger partial charge in [-0.1, -0.05) is 65.5 Å². The van der Waals surface area contributed by atoms with E-state index in [1.54, 1.807) is 5.57 Å². The Labute approximate surface area is 196 Å². The van der Waals surface area contributed by atoms with E-state index in [2.05, 4.69) is 40.7 Å². The molecule has 0 spiro atoms. The van der Waals surface area contributed by atoms with Crippen LogP contribution in [-0.4, -0.2) is 23.3 Å². The van der Waals surface area contributed by atoms with Gasteiger partial charge in [-0.3, -0.25) is 4.79 Å². The van der Waals surface area contributed by atoms with E-state index in [0.29, 0.717) is 23.7 Å². The Kier molecular flexibility index (Phi) is 6.90. The average Bonchev–Trinajstić information content (AvgIpc) is 2.97. The van der Waals surface area contributed by atoms with E-state index in [4.69, 9.17) is 4.74 Å². The molecule has 4 aliphatic carbocycles. The highest BCUT2D eigenvalue weighted by Crippen LogP contribution is 2.67. The Hall–Kier alpha value is -0.830. The van der Waals surface area contributed by atoms with Crippen molar-refractivity contribution in [3.8, 4) is 0 Å². The number of hydrogen-bond acceptors (Lipinski definition) is 3. The molecular formula is C29H48O3. The molecule has 3 saturated carbocycles. The Morgan fingerprint density at radius 2 is 1.91 bits per heavy atom. The van der Waals surface area contributed by atoms with Gasteiger partial charge in [-0.15, -0.1) is 0 Å². The molecule has 0 aromatic rings. The molecule has 182 valence electrons. The van der Waals surface area contributed by atoms with E-state index in [1.807, 2.05) is 0 Å². The van der Waals surface area contributed by atoms with Crippen LogP contribution in [0.1, 0.15) is 106 Å². The number of esters is 1. The van der Waals surface area contributed by atoms with Gasteiger partial charge in [-0.2, -0.15) is 0 Å². The quantitative estimate of drug-likeness (QED) is 0.357. The van der Waals surface area contributed by atoms with Gasteiger partial charge in [0.15, 0.2) is 0 Å². The highest BCUT2D eigenvalue weighted by molar-refractivity contribution is 5.66. The lowest BCUT2D eigenvalue weighted by Gasteiger charge is -2.58. The van der Waals surface area contributed by atoms with Gasteiger partial charge >= 0.3 is 5.97 Å². The maximum atomic E-state index is 11.5. The van der Waals surface area contributed by atoms with Crippen molar-refractivity contribution < 1.29 is 14.6 Å². The van der Waals surface area contributed by atoms with Gasteiger partial charge in [0.25, 0.3) is 0 Å². The van der Waals surface area contributed by atoms with Crippen LogP contribution in [0.4, 0.5) is 0 Å². The number of ether oxygens (including phenoxy) is 1. The molecule has 3 fully saturated rings. The van der Waals surface area contributed by atoms with Gasteiger partial charge < -0.3 is 9.84 Å². The number of carbonyl (C=O) groups is 1. The number of carbonyl (C=O) groups excluding carboxylic acids is 1. The zero-order valence-electron chi connectivity index (χ0n) is 21.5. The summed E-state index contributed by atoms with van der Waals surface area (Å²) in [5, 5.41) is 11.3. The van der Waals surface area contributed by atoms with Crippen molar-refractivity contribution in [2.75, 3.05) is 0 Å². The summed E-state index contributed by atoms with van der Waals surface area (Å²) in [5.74, 6) is 3.77. The van der Waals surface area contributed by atoms with Gasteiger partial charge in [0.1, 0.15) is 6.10 Å². The predicted octanol–water partition coefficient (Wildman–Crippen LogP) is 6.93. The van der Waals surface area contributed by atoms with Crippen molar-refractivity contribution in [2.24, 2.45) is 46.3 Å². The largest absolute Gasteiger partial charge is 0.462 e. The molecule has 4 rings (SSSR count). The first-order valence-electron chi connectivity index (χ1n) is 13.6. The Balaban J connectivity index is 1.50. The summed E-state index contributed by atoms with van der Waals surface area (Å²) < 4.78 is 5.60. The fourth-order valence-corrected chi connectivity index (χ4v) is 9.07. The summed E-state index contributed by atoms with van der Waals surface area (Å²) in [6.45, 7) is 13.6. The molecule has 3 heteroatoms. The fourth-order valence-electron chi connectivity index (χ4n) is 9.07. The van der Waals surface area contributed by atoms with Crippen LogP contribution in [-0.2, 0) is 9.53 Å². The summed E-state index contributed by atoms with van der Waals surface area (Å²) in [6.07, 6.45) is 14.1. The van der Waals surface area contributed by atoms with E-state index in [-0.39, 0.29) is 29.0 Å². The molecule has 1 unspecified atom stereocenters. The van der Waals surface area contributed by atoms with E-state index in [9.17, 15) is 9.90 Å². The molecule has 1 N–H and O–H groups in total. The minimum absolute atomic E-state index is 0.0709. The summed E-state index contributed by atoms with van der Waals surface area (Å²) in [7, 11) is 0. The Bertz CT molecular complexity index is 726. The van der Waals surface area contributed by atoms with Crippen LogP contribution in [0, 0.1) is 46.3 Å². The van der Waals surface area contributed by atoms with Crippen molar-refractivity contribution in [1.29, 1.82) is 0 Å². The summed E-state index contributed by atoms with van der Waals surface area (Å²) in [6, 6.07) is 0. The lowest BCUT2D eigenvalue weighted by atomic mass is 9.47. The maximum Gasteiger partial charge on any atom is 0.302 e. The van der Waals surface area contributed by atoms with Crippen molar-refractivity contribution >= 4 is 5.97 Å². The van der Waals surface area contributed by atoms with Crippen molar-refractivity contribution in [1.82, 2.24) is 0 Å². The van der Waals surface area contributed by atoms with Crippen LogP contribution < -0.4 is 0 Å². The van der Waals surface area contributed by atoms with Gasteiger partial charge in [0.05, 0.1) is 6.10 Å². The lowest BCUT2D eigenvalue weighted by molar-refractivity contribution is -0.148. The molecule has 32 heavy (non-hydrogen) atoms. The van der Waals surface area contributed by atoms with Crippen LogP contribution in [0.25, 0.3) is 0 Å². The van der Waals surface area contributed by atoms with E-state index in [1.165, 1.54) is 39.0 Å². The molecule has 0 aromatic carbocycles. The number of rotatable bonds is 6. The van der Waals surface area contributed by atoms with Crippen molar-refractivity contribution in [2.45, 2.75) is 118 Å². The average molecular weight is 445 g/mol. The van der Waals surface area contributed by atoms with E-state index < -0.39 is 0 Å². The third kappa shape index (κ3) is 4.21. The summed E-state index contributed by atoms with van der Waals surface area (Å²) >= 11 is 0. The fraction of sp³-hybridized carbons (Fsp3) is 0.897. The number of aliphatic hydroxyl groups excluding tert-OH is 1. The Morgan fingerprint density at radius 1 is 1.16 bits per heavy atom. The first kappa shape index (κ1) is 24.3. The molecule has 9 atom stereocenters. The molecule has 0 aromatic heterocycles. The van der Waals surface area contributed by atoms with Crippen LogP contribution >= 0.6 is 0 Å². The second-order valence-electron chi connectivity index (χ2n) is 12.9. The molecule has 0 saturated heterocycles. The molecule has 0 radical (unpaired) electrons. The topological polar surface area (TPSA) is 46.5 Å². The summed E-state index contributed by atoms with van der Waals surface area (Å²) in [4.78, 5) is 11.5. The smallest absolute Gasteiger partial charge is 0.302 e. The van der Waals surface area contributed by atoms with Gasteiger partial charge in [0.2, 0.25) is 0 Å². The second-order valence-corrected chi connectivity index (χ2v) is 12.9. The third-order valence-corrected chi connectivity index (χ3v) is 10.6. The zero-order valence-corrected chi connectivity index (χ0v) is 21.5. The minimum Gasteiger partial charge on any atom is -0.462 e. The van der Waals surface area contributed by atoms with Crippen LogP contribution in [0.3, 0.4) is 0 Å². The number of aliphatic hydroxyl groups is 1. The van der Waals surface area contributed by atoms with E-state index >= 15 is 0 Å². The molecule has 4 aliphatic rings. The molecule has 0 heterocycles. The molecule has 0 bridgehead atoms. The van der Waals surface area contributed by atoms with Gasteiger partial charge in [-0.25, -0.2) is 0 Å². The zero-order chi connectivity index (χ0) is 23.3. The first-order chi connectivity index (χ1) is 15.1. The molecular weight excluding hydrogens is 396 g/mol. The molecule has 3 nitrogen and oxygen atoms in total. The maximum absolute atomic E-state index is 11.5. The molecule has 0 aliphatic heterocycles. The predicted molar refractivity (Wildman–Crippen MR) is 130 cm³/mol. The van der Waals surface area contributed by atoms with Crippen LogP contribution in [0.15, 0.2) is 11.6 Å². The molecule has 0 amide bonds. The van der Waals surface area contributed by atoms with Crippen molar-refractivity contribution in [3.63, 3.8) is 0 Å². The van der Waals surface area contributed by atoms with Crippen LogP contribution in [0.5, 0.6) is 0 Å². The van der Waals surface area contributed by atoms with E-state index in [0.717, 1.165) is 43.9 Å². The van der Waals surface area contributed by atoms with Crippen LogP contribution in [0.2, 0.25) is 0 Å². The lowest BCUT2D eigenvalue weighted by Crippen LogP contribution is -2.51. The van der Waals surface area contributed by atoms with Gasteiger partial charge in [-0.05, 0) is 84.9 Å². The monoisotopic (exact) mass is 444 g/mol. The number of hydrogen-bond donors (Lipinski definition) is 1. The van der Waals surface area contributed by atoms with Crippen molar-refractivity contribution in [3.05, 3.63) is 11.6 Å². The minimum atomic E-state index is -0.144. The second kappa shape index (κ2) is 9.08. The Morgan fingerprint density at radius 3 is 2.59 bits per heavy atom. The van der Waals surface area contributed by atoms with Gasteiger partial charge in [0, 0.05) is 13.3 Å². The first-order valence-corrected chi connectivity index (χ1v) is 13.6.